The van der Waals surface area contributed by atoms with Gasteiger partial charge < -0.3 is 33.9 Å². The van der Waals surface area contributed by atoms with Gasteiger partial charge in [-0.25, -0.2) is 4.79 Å². The number of esters is 1. The number of anilines is 1. The van der Waals surface area contributed by atoms with Crippen LogP contribution in [0.4, 0.5) is 5.69 Å². The first kappa shape index (κ1) is 25.6. The summed E-state index contributed by atoms with van der Waals surface area (Å²) in [6.07, 6.45) is 2.11. The summed E-state index contributed by atoms with van der Waals surface area (Å²) < 4.78 is 27.5. The van der Waals surface area contributed by atoms with Gasteiger partial charge in [0.2, 0.25) is 5.75 Å². The van der Waals surface area contributed by atoms with Crippen LogP contribution < -0.4 is 19.5 Å². The summed E-state index contributed by atoms with van der Waals surface area (Å²) in [6.45, 7) is 3.98. The summed E-state index contributed by atoms with van der Waals surface area (Å²) in [5.74, 6) is 1.38. The first-order chi connectivity index (χ1) is 16.5. The molecular formula is C25H32N2O6S. The van der Waals surface area contributed by atoms with Crippen LogP contribution in [-0.2, 0) is 16.0 Å². The number of rotatable bonds is 10. The zero-order chi connectivity index (χ0) is 24.5. The number of carbonyl (C=O) groups excluding carboxylic acids is 1. The molecule has 9 heteroatoms. The van der Waals surface area contributed by atoms with Crippen LogP contribution in [0.15, 0.2) is 36.4 Å². The second-order valence-corrected chi connectivity index (χ2v) is 8.12. The lowest BCUT2D eigenvalue weighted by molar-refractivity contribution is 0.0526. The molecule has 1 saturated heterocycles. The van der Waals surface area contributed by atoms with E-state index >= 15 is 0 Å². The van der Waals surface area contributed by atoms with E-state index in [1.807, 2.05) is 17.0 Å². The van der Waals surface area contributed by atoms with Crippen molar-refractivity contribution in [2.24, 2.45) is 0 Å². The summed E-state index contributed by atoms with van der Waals surface area (Å²) in [5, 5.41) is 3.81. The molecule has 34 heavy (non-hydrogen) atoms. The topological polar surface area (TPSA) is 78.5 Å². The minimum absolute atomic E-state index is 0.0945. The van der Waals surface area contributed by atoms with E-state index in [-0.39, 0.29) is 12.1 Å². The smallest absolute Gasteiger partial charge is 0.338 e. The third-order valence-electron chi connectivity index (χ3n) is 5.53. The number of hydrogen-bond acceptors (Lipinski definition) is 7. The Morgan fingerprint density at radius 1 is 1.09 bits per heavy atom. The number of carbonyl (C=O) groups is 1. The number of thiocarbonyl (C=S) groups is 1. The van der Waals surface area contributed by atoms with Gasteiger partial charge in [-0.1, -0.05) is 0 Å². The SMILES string of the molecule is CCOC(=O)c1ccc(NC(=S)N(Cc2ccc(OC)c(OC)c2OC)C[C@H]2CCCO2)cc1. The molecule has 0 bridgehead atoms. The number of hydrogen-bond donors (Lipinski definition) is 1. The average molecular weight is 489 g/mol. The minimum atomic E-state index is -0.350. The van der Waals surface area contributed by atoms with Crippen molar-refractivity contribution >= 4 is 29.0 Å². The van der Waals surface area contributed by atoms with E-state index in [4.69, 9.17) is 35.9 Å². The van der Waals surface area contributed by atoms with Crippen LogP contribution in [-0.4, -0.2) is 63.2 Å². The molecule has 1 heterocycles. The van der Waals surface area contributed by atoms with Crippen LogP contribution in [0.1, 0.15) is 35.7 Å². The molecule has 2 aromatic carbocycles. The Bertz CT molecular complexity index is 976. The Balaban J connectivity index is 1.81. The third-order valence-corrected chi connectivity index (χ3v) is 5.89. The van der Waals surface area contributed by atoms with Crippen molar-refractivity contribution < 1.29 is 28.5 Å². The molecule has 8 nitrogen and oxygen atoms in total. The van der Waals surface area contributed by atoms with Gasteiger partial charge in [0.1, 0.15) is 0 Å². The van der Waals surface area contributed by atoms with Crippen molar-refractivity contribution in [3.63, 3.8) is 0 Å². The zero-order valence-corrected chi connectivity index (χ0v) is 20.9. The molecule has 3 rings (SSSR count). The molecule has 1 aliphatic rings. The van der Waals surface area contributed by atoms with E-state index in [1.54, 1.807) is 52.5 Å². The zero-order valence-electron chi connectivity index (χ0n) is 20.1. The molecule has 0 unspecified atom stereocenters. The van der Waals surface area contributed by atoms with Crippen molar-refractivity contribution in [1.82, 2.24) is 4.90 Å². The second-order valence-electron chi connectivity index (χ2n) is 7.74. The highest BCUT2D eigenvalue weighted by Crippen LogP contribution is 2.40. The standard InChI is InChI=1S/C25H32N2O6S/c1-5-32-24(28)17-8-11-19(12-9-17)26-25(34)27(16-20-7-6-14-33-20)15-18-10-13-21(29-2)23(31-4)22(18)30-3/h8-13,20H,5-7,14-16H2,1-4H3,(H,26,34)/t20-/m1/s1. The summed E-state index contributed by atoms with van der Waals surface area (Å²) in [5.41, 5.74) is 2.17. The largest absolute Gasteiger partial charge is 0.493 e. The molecule has 0 aromatic heterocycles. The van der Waals surface area contributed by atoms with Gasteiger partial charge in [0.05, 0.1) is 39.6 Å². The maximum Gasteiger partial charge on any atom is 0.338 e. The molecular weight excluding hydrogens is 456 g/mol. The van der Waals surface area contributed by atoms with Gasteiger partial charge in [0.15, 0.2) is 16.6 Å². The highest BCUT2D eigenvalue weighted by Gasteiger charge is 2.24. The summed E-state index contributed by atoms with van der Waals surface area (Å²) >= 11 is 5.78. The number of nitrogens with one attached hydrogen (secondary N) is 1. The van der Waals surface area contributed by atoms with Crippen molar-refractivity contribution in [2.45, 2.75) is 32.4 Å². The molecule has 0 saturated carbocycles. The highest BCUT2D eigenvalue weighted by molar-refractivity contribution is 7.80. The quantitative estimate of drug-likeness (QED) is 0.390. The van der Waals surface area contributed by atoms with E-state index in [2.05, 4.69) is 5.32 Å². The van der Waals surface area contributed by atoms with Crippen LogP contribution >= 0.6 is 12.2 Å². The van der Waals surface area contributed by atoms with Crippen LogP contribution in [0, 0.1) is 0 Å². The number of benzene rings is 2. The fraction of sp³-hybridized carbons (Fsp3) is 0.440. The lowest BCUT2D eigenvalue weighted by Gasteiger charge is -2.29. The Morgan fingerprint density at radius 3 is 2.41 bits per heavy atom. The van der Waals surface area contributed by atoms with Crippen LogP contribution in [0.2, 0.25) is 0 Å². The summed E-state index contributed by atoms with van der Waals surface area (Å²) in [6, 6.07) is 10.8. The Kier molecular flexibility index (Phi) is 9.35. The van der Waals surface area contributed by atoms with Crippen molar-refractivity contribution in [3.05, 3.63) is 47.5 Å². The Morgan fingerprint density at radius 2 is 1.82 bits per heavy atom. The summed E-state index contributed by atoms with van der Waals surface area (Å²) in [4.78, 5) is 14.0. The fourth-order valence-corrected chi connectivity index (χ4v) is 4.11. The van der Waals surface area contributed by atoms with Gasteiger partial charge in [-0.15, -0.1) is 0 Å². The van der Waals surface area contributed by atoms with E-state index < -0.39 is 0 Å². The van der Waals surface area contributed by atoms with E-state index in [9.17, 15) is 4.79 Å². The number of methoxy groups -OCH3 is 3. The monoisotopic (exact) mass is 488 g/mol. The first-order valence-corrected chi connectivity index (χ1v) is 11.6. The van der Waals surface area contributed by atoms with Crippen LogP contribution in [0.25, 0.3) is 0 Å². The molecule has 0 amide bonds. The maximum atomic E-state index is 11.9. The van der Waals surface area contributed by atoms with Gasteiger partial charge in [0.25, 0.3) is 0 Å². The Labute approximate surface area is 206 Å². The maximum absolute atomic E-state index is 11.9. The van der Waals surface area contributed by atoms with Crippen LogP contribution in [0.5, 0.6) is 17.2 Å². The van der Waals surface area contributed by atoms with Gasteiger partial charge in [-0.3, -0.25) is 0 Å². The van der Waals surface area contributed by atoms with E-state index in [1.165, 1.54) is 0 Å². The van der Waals surface area contributed by atoms with Gasteiger partial charge in [0, 0.05) is 30.9 Å². The predicted molar refractivity (Wildman–Crippen MR) is 134 cm³/mol. The lowest BCUT2D eigenvalue weighted by atomic mass is 10.1. The van der Waals surface area contributed by atoms with Crippen LogP contribution in [0.3, 0.4) is 0 Å². The van der Waals surface area contributed by atoms with Gasteiger partial charge in [-0.2, -0.15) is 0 Å². The molecule has 1 aliphatic heterocycles. The van der Waals surface area contributed by atoms with E-state index in [0.717, 1.165) is 30.7 Å². The summed E-state index contributed by atoms with van der Waals surface area (Å²) in [7, 11) is 4.78. The highest BCUT2D eigenvalue weighted by atomic mass is 32.1. The first-order valence-electron chi connectivity index (χ1n) is 11.2. The molecule has 0 aliphatic carbocycles. The average Bonchev–Trinajstić information content (AvgIpc) is 3.36. The van der Waals surface area contributed by atoms with Gasteiger partial charge in [-0.05, 0) is 68.4 Å². The van der Waals surface area contributed by atoms with Gasteiger partial charge >= 0.3 is 5.97 Å². The lowest BCUT2D eigenvalue weighted by Crippen LogP contribution is -2.39. The minimum Gasteiger partial charge on any atom is -0.493 e. The molecule has 1 fully saturated rings. The predicted octanol–water partition coefficient (Wildman–Crippen LogP) is 4.27. The molecule has 184 valence electrons. The normalized spacial score (nSPS) is 14.9. The molecule has 0 radical (unpaired) electrons. The third kappa shape index (κ3) is 6.30. The van der Waals surface area contributed by atoms with E-state index in [0.29, 0.717) is 47.6 Å². The van der Waals surface area contributed by atoms with Crippen molar-refractivity contribution in [1.29, 1.82) is 0 Å². The molecule has 0 spiro atoms. The van der Waals surface area contributed by atoms with Crippen molar-refractivity contribution in [3.8, 4) is 17.2 Å². The fourth-order valence-electron chi connectivity index (χ4n) is 3.85. The number of ether oxygens (including phenoxy) is 5. The molecule has 2 aromatic rings. The number of nitrogens with zero attached hydrogens (tertiary/aromatic N) is 1. The molecule has 1 atom stereocenters. The Hall–Kier alpha value is -3.04. The molecule has 1 N–H and O–H groups in total. The second kappa shape index (κ2) is 12.4. The van der Waals surface area contributed by atoms with Crippen molar-refractivity contribution in [2.75, 3.05) is 46.4 Å².